The molecule has 0 spiro atoms. The van der Waals surface area contributed by atoms with Gasteiger partial charge in [-0.1, -0.05) is 0 Å². The number of hydrogen-bond acceptors (Lipinski definition) is 9. The highest BCUT2D eigenvalue weighted by Crippen LogP contribution is 2.29. The molecule has 0 aliphatic carbocycles. The SMILES string of the molecule is CCOC(=O)c1c(C)oc(NC(=O)c2ccc(Nc3nc(C)cc(C)n3)cc2)c1C(=O)OCC. The van der Waals surface area contributed by atoms with Gasteiger partial charge in [0, 0.05) is 22.6 Å². The Hall–Kier alpha value is -4.21. The van der Waals surface area contributed by atoms with Crippen molar-refractivity contribution in [2.75, 3.05) is 23.8 Å². The molecule has 1 amide bonds. The average Bonchev–Trinajstić information content (AvgIpc) is 3.09. The van der Waals surface area contributed by atoms with Gasteiger partial charge in [0.2, 0.25) is 11.8 Å². The highest BCUT2D eigenvalue weighted by atomic mass is 16.5. The standard InChI is InChI=1S/C24H26N4O6/c1-6-32-22(30)18-15(5)34-21(19(18)23(31)33-7-2)28-20(29)16-8-10-17(11-9-16)27-24-25-13(3)12-14(4)26-24/h8-12H,6-7H2,1-5H3,(H,28,29)(H,25,26,27). The number of ether oxygens (including phenoxy) is 2. The first kappa shape index (κ1) is 24.4. The highest BCUT2D eigenvalue weighted by molar-refractivity contribution is 6.11. The van der Waals surface area contributed by atoms with Gasteiger partial charge >= 0.3 is 11.9 Å². The largest absolute Gasteiger partial charge is 0.462 e. The van der Waals surface area contributed by atoms with Crippen LogP contribution in [0.1, 0.15) is 62.1 Å². The van der Waals surface area contributed by atoms with Gasteiger partial charge in [-0.05, 0) is 65.0 Å². The molecule has 0 radical (unpaired) electrons. The normalized spacial score (nSPS) is 10.5. The van der Waals surface area contributed by atoms with E-state index in [1.807, 2.05) is 19.9 Å². The lowest BCUT2D eigenvalue weighted by molar-refractivity contribution is 0.0480. The maximum atomic E-state index is 12.8. The third kappa shape index (κ3) is 5.58. The lowest BCUT2D eigenvalue weighted by atomic mass is 10.1. The Bertz CT molecular complexity index is 1200. The van der Waals surface area contributed by atoms with Crippen molar-refractivity contribution in [1.29, 1.82) is 0 Å². The molecule has 0 atom stereocenters. The predicted octanol–water partition coefficient (Wildman–Crippen LogP) is 4.34. The molecular formula is C24H26N4O6. The van der Waals surface area contributed by atoms with Crippen LogP contribution in [0.3, 0.4) is 0 Å². The van der Waals surface area contributed by atoms with E-state index in [0.29, 0.717) is 17.2 Å². The molecule has 0 saturated heterocycles. The Labute approximate surface area is 196 Å². The fourth-order valence-electron chi connectivity index (χ4n) is 3.27. The number of amides is 1. The van der Waals surface area contributed by atoms with Gasteiger partial charge in [0.05, 0.1) is 13.2 Å². The molecule has 0 saturated carbocycles. The van der Waals surface area contributed by atoms with Crippen molar-refractivity contribution >= 4 is 35.4 Å². The Morgan fingerprint density at radius 1 is 0.882 bits per heavy atom. The lowest BCUT2D eigenvalue weighted by Gasteiger charge is -2.09. The first-order valence-corrected chi connectivity index (χ1v) is 10.7. The van der Waals surface area contributed by atoms with Crippen molar-refractivity contribution in [2.45, 2.75) is 34.6 Å². The van der Waals surface area contributed by atoms with Crippen LogP contribution in [0.5, 0.6) is 0 Å². The molecular weight excluding hydrogens is 440 g/mol. The van der Waals surface area contributed by atoms with Crippen LogP contribution in [-0.2, 0) is 9.47 Å². The van der Waals surface area contributed by atoms with Gasteiger partial charge in [0.15, 0.2) is 0 Å². The maximum absolute atomic E-state index is 12.8. The fourth-order valence-corrected chi connectivity index (χ4v) is 3.27. The van der Waals surface area contributed by atoms with E-state index >= 15 is 0 Å². The number of esters is 2. The number of aryl methyl sites for hydroxylation is 3. The molecule has 2 N–H and O–H groups in total. The molecule has 10 nitrogen and oxygen atoms in total. The zero-order valence-electron chi connectivity index (χ0n) is 19.6. The predicted molar refractivity (Wildman–Crippen MR) is 125 cm³/mol. The number of benzene rings is 1. The quantitative estimate of drug-likeness (QED) is 0.465. The summed E-state index contributed by atoms with van der Waals surface area (Å²) in [4.78, 5) is 46.4. The minimum absolute atomic E-state index is 0.0800. The number of aromatic nitrogens is 2. The molecule has 0 bridgehead atoms. The number of nitrogens with zero attached hydrogens (tertiary/aromatic N) is 2. The van der Waals surface area contributed by atoms with Gasteiger partial charge in [0.1, 0.15) is 16.9 Å². The van der Waals surface area contributed by atoms with Gasteiger partial charge < -0.3 is 19.2 Å². The first-order chi connectivity index (χ1) is 16.2. The van der Waals surface area contributed by atoms with E-state index in [2.05, 4.69) is 20.6 Å². The maximum Gasteiger partial charge on any atom is 0.344 e. The van der Waals surface area contributed by atoms with Gasteiger partial charge in [0.25, 0.3) is 5.91 Å². The molecule has 1 aromatic carbocycles. The number of nitrogens with one attached hydrogen (secondary N) is 2. The summed E-state index contributed by atoms with van der Waals surface area (Å²) in [6.07, 6.45) is 0. The van der Waals surface area contributed by atoms with Crippen LogP contribution in [-0.4, -0.2) is 41.0 Å². The molecule has 2 aromatic heterocycles. The second kappa shape index (κ2) is 10.6. The van der Waals surface area contributed by atoms with Crippen molar-refractivity contribution in [1.82, 2.24) is 9.97 Å². The summed E-state index contributed by atoms with van der Waals surface area (Å²) in [7, 11) is 0. The number of furan rings is 1. The smallest absolute Gasteiger partial charge is 0.344 e. The lowest BCUT2D eigenvalue weighted by Crippen LogP contribution is -2.17. The summed E-state index contributed by atoms with van der Waals surface area (Å²) in [6, 6.07) is 8.44. The topological polar surface area (TPSA) is 133 Å². The number of hydrogen-bond donors (Lipinski definition) is 2. The number of anilines is 3. The third-order valence-corrected chi connectivity index (χ3v) is 4.66. The second-order valence-electron chi connectivity index (χ2n) is 7.31. The molecule has 0 fully saturated rings. The monoisotopic (exact) mass is 466 g/mol. The summed E-state index contributed by atoms with van der Waals surface area (Å²) in [5, 5.41) is 5.64. The average molecular weight is 466 g/mol. The molecule has 178 valence electrons. The van der Waals surface area contributed by atoms with Crippen molar-refractivity contribution in [3.8, 4) is 0 Å². The van der Waals surface area contributed by atoms with Gasteiger partial charge in [-0.2, -0.15) is 0 Å². The van der Waals surface area contributed by atoms with E-state index in [0.717, 1.165) is 11.4 Å². The van der Waals surface area contributed by atoms with Crippen LogP contribution in [0.2, 0.25) is 0 Å². The summed E-state index contributed by atoms with van der Waals surface area (Å²) in [5.74, 6) is -1.68. The third-order valence-electron chi connectivity index (χ3n) is 4.66. The van der Waals surface area contributed by atoms with Crippen LogP contribution in [0.25, 0.3) is 0 Å². The zero-order valence-corrected chi connectivity index (χ0v) is 19.6. The summed E-state index contributed by atoms with van der Waals surface area (Å²) < 4.78 is 15.6. The van der Waals surface area contributed by atoms with Gasteiger partial charge in [-0.25, -0.2) is 19.6 Å². The fraction of sp³-hybridized carbons (Fsp3) is 0.292. The van der Waals surface area contributed by atoms with E-state index in [-0.39, 0.29) is 36.0 Å². The number of carbonyl (C=O) groups excluding carboxylic acids is 3. The Morgan fingerprint density at radius 2 is 1.44 bits per heavy atom. The van der Waals surface area contributed by atoms with Crippen molar-refractivity contribution in [3.63, 3.8) is 0 Å². The van der Waals surface area contributed by atoms with E-state index in [4.69, 9.17) is 13.9 Å². The molecule has 3 rings (SSSR count). The summed E-state index contributed by atoms with van der Waals surface area (Å²) in [5.41, 5.74) is 2.39. The van der Waals surface area contributed by atoms with Crippen LogP contribution < -0.4 is 10.6 Å². The van der Waals surface area contributed by atoms with Gasteiger partial charge in [-0.3, -0.25) is 10.1 Å². The van der Waals surface area contributed by atoms with Crippen molar-refractivity contribution in [3.05, 3.63) is 64.2 Å². The zero-order chi connectivity index (χ0) is 24.8. The molecule has 2 heterocycles. The van der Waals surface area contributed by atoms with Crippen LogP contribution in [0.4, 0.5) is 17.5 Å². The van der Waals surface area contributed by atoms with E-state index in [1.165, 1.54) is 6.92 Å². The van der Waals surface area contributed by atoms with E-state index in [9.17, 15) is 14.4 Å². The van der Waals surface area contributed by atoms with Crippen molar-refractivity contribution < 1.29 is 28.3 Å². The molecule has 3 aromatic rings. The Morgan fingerprint density at radius 3 is 2.00 bits per heavy atom. The summed E-state index contributed by atoms with van der Waals surface area (Å²) in [6.45, 7) is 8.72. The van der Waals surface area contributed by atoms with E-state index in [1.54, 1.807) is 38.1 Å². The number of carbonyl (C=O) groups is 3. The van der Waals surface area contributed by atoms with E-state index < -0.39 is 17.8 Å². The molecule has 0 aliphatic heterocycles. The minimum Gasteiger partial charge on any atom is -0.462 e. The van der Waals surface area contributed by atoms with Gasteiger partial charge in [-0.15, -0.1) is 0 Å². The second-order valence-corrected chi connectivity index (χ2v) is 7.31. The van der Waals surface area contributed by atoms with Crippen LogP contribution in [0.15, 0.2) is 34.7 Å². The molecule has 0 unspecified atom stereocenters. The molecule has 0 aliphatic rings. The highest BCUT2D eigenvalue weighted by Gasteiger charge is 2.31. The van der Waals surface area contributed by atoms with Crippen LogP contribution in [0, 0.1) is 20.8 Å². The molecule has 10 heteroatoms. The Kier molecular flexibility index (Phi) is 7.62. The Balaban J connectivity index is 1.82. The minimum atomic E-state index is -0.800. The molecule has 34 heavy (non-hydrogen) atoms. The number of rotatable bonds is 8. The first-order valence-electron chi connectivity index (χ1n) is 10.7. The van der Waals surface area contributed by atoms with Crippen LogP contribution >= 0.6 is 0 Å². The van der Waals surface area contributed by atoms with Crippen molar-refractivity contribution in [2.24, 2.45) is 0 Å². The summed E-state index contributed by atoms with van der Waals surface area (Å²) >= 11 is 0.